The highest BCUT2D eigenvalue weighted by molar-refractivity contribution is 6.07. The molecule has 3 amide bonds. The molecule has 1 saturated heterocycles. The first-order valence-corrected chi connectivity index (χ1v) is 7.70. The number of benzene rings is 1. The van der Waals surface area contributed by atoms with Gasteiger partial charge in [-0.15, -0.1) is 0 Å². The second-order valence-electron chi connectivity index (χ2n) is 6.25. The van der Waals surface area contributed by atoms with Crippen LogP contribution in [0.5, 0.6) is 0 Å². The Morgan fingerprint density at radius 2 is 2.05 bits per heavy atom. The van der Waals surface area contributed by atoms with Crippen LogP contribution in [0.1, 0.15) is 43.7 Å². The summed E-state index contributed by atoms with van der Waals surface area (Å²) in [6.07, 6.45) is 3.78. The third-order valence-electron chi connectivity index (χ3n) is 4.93. The molecule has 5 nitrogen and oxygen atoms in total. The van der Waals surface area contributed by atoms with Gasteiger partial charge in [0.05, 0.1) is 18.2 Å². The van der Waals surface area contributed by atoms with Crippen LogP contribution in [0, 0.1) is 17.2 Å². The first kappa shape index (κ1) is 14.6. The number of imide groups is 1. The highest BCUT2D eigenvalue weighted by atomic mass is 16.2. The summed E-state index contributed by atoms with van der Waals surface area (Å²) < 4.78 is 0. The monoisotopic (exact) mass is 297 g/mol. The van der Waals surface area contributed by atoms with Gasteiger partial charge in [0.1, 0.15) is 5.54 Å². The SMILES string of the molecule is CC1CCCCC12NC(=O)N(Cc1ccc(C#N)cc1)C2=O. The van der Waals surface area contributed by atoms with E-state index in [1.165, 1.54) is 4.90 Å². The van der Waals surface area contributed by atoms with Crippen LogP contribution in [-0.4, -0.2) is 22.4 Å². The van der Waals surface area contributed by atoms with Crippen LogP contribution in [0.2, 0.25) is 0 Å². The summed E-state index contributed by atoms with van der Waals surface area (Å²) >= 11 is 0. The Bertz CT molecular complexity index is 647. The minimum atomic E-state index is -0.706. The van der Waals surface area contributed by atoms with Crippen LogP contribution < -0.4 is 5.32 Å². The maximum Gasteiger partial charge on any atom is 0.325 e. The maximum atomic E-state index is 12.8. The smallest absolute Gasteiger partial charge is 0.323 e. The van der Waals surface area contributed by atoms with Crippen molar-refractivity contribution >= 4 is 11.9 Å². The molecular weight excluding hydrogens is 278 g/mol. The van der Waals surface area contributed by atoms with E-state index in [0.29, 0.717) is 5.56 Å². The number of urea groups is 1. The molecule has 1 aliphatic heterocycles. The highest BCUT2D eigenvalue weighted by Crippen LogP contribution is 2.38. The fourth-order valence-corrected chi connectivity index (χ4v) is 3.51. The number of rotatable bonds is 2. The summed E-state index contributed by atoms with van der Waals surface area (Å²) in [4.78, 5) is 26.4. The number of hydrogen-bond donors (Lipinski definition) is 1. The van der Waals surface area contributed by atoms with Gasteiger partial charge in [-0.3, -0.25) is 9.69 Å². The molecule has 1 aromatic rings. The number of carbonyl (C=O) groups excluding carboxylic acids is 2. The van der Waals surface area contributed by atoms with Crippen molar-refractivity contribution in [1.29, 1.82) is 5.26 Å². The second-order valence-corrected chi connectivity index (χ2v) is 6.25. The molecule has 0 bridgehead atoms. The van der Waals surface area contributed by atoms with Gasteiger partial charge in [0.2, 0.25) is 0 Å². The molecule has 2 unspecified atom stereocenters. The number of nitrogens with zero attached hydrogens (tertiary/aromatic N) is 2. The lowest BCUT2D eigenvalue weighted by atomic mass is 9.73. The van der Waals surface area contributed by atoms with Gasteiger partial charge >= 0.3 is 6.03 Å². The molecule has 5 heteroatoms. The molecule has 1 heterocycles. The molecule has 1 saturated carbocycles. The standard InChI is InChI=1S/C17H19N3O2/c1-12-4-2-3-9-17(12)15(21)20(16(22)19-17)11-14-7-5-13(10-18)6-8-14/h5-8,12H,2-4,9,11H2,1H3,(H,19,22). The minimum absolute atomic E-state index is 0.103. The lowest BCUT2D eigenvalue weighted by Gasteiger charge is -2.36. The fourth-order valence-electron chi connectivity index (χ4n) is 3.51. The van der Waals surface area contributed by atoms with Crippen molar-refractivity contribution < 1.29 is 9.59 Å². The van der Waals surface area contributed by atoms with E-state index in [0.717, 1.165) is 31.2 Å². The number of nitrogens with one attached hydrogen (secondary N) is 1. The molecule has 2 fully saturated rings. The van der Waals surface area contributed by atoms with E-state index in [1.807, 2.05) is 6.92 Å². The van der Waals surface area contributed by atoms with Crippen LogP contribution in [0.4, 0.5) is 4.79 Å². The Morgan fingerprint density at radius 3 is 2.68 bits per heavy atom. The first-order chi connectivity index (χ1) is 10.6. The van der Waals surface area contributed by atoms with Gasteiger partial charge in [0.25, 0.3) is 5.91 Å². The van der Waals surface area contributed by atoms with E-state index >= 15 is 0 Å². The molecule has 2 atom stereocenters. The summed E-state index contributed by atoms with van der Waals surface area (Å²) in [5, 5.41) is 11.8. The zero-order valence-corrected chi connectivity index (χ0v) is 12.6. The molecule has 1 aromatic carbocycles. The van der Waals surface area contributed by atoms with E-state index in [2.05, 4.69) is 11.4 Å². The number of carbonyl (C=O) groups is 2. The number of nitriles is 1. The zero-order valence-electron chi connectivity index (χ0n) is 12.6. The first-order valence-electron chi connectivity index (χ1n) is 7.70. The van der Waals surface area contributed by atoms with Crippen LogP contribution in [-0.2, 0) is 11.3 Å². The van der Waals surface area contributed by atoms with E-state index < -0.39 is 5.54 Å². The molecular formula is C17H19N3O2. The predicted molar refractivity (Wildman–Crippen MR) is 80.6 cm³/mol. The van der Waals surface area contributed by atoms with Crippen LogP contribution in [0.15, 0.2) is 24.3 Å². The summed E-state index contributed by atoms with van der Waals surface area (Å²) in [6.45, 7) is 2.30. The topological polar surface area (TPSA) is 73.2 Å². The zero-order chi connectivity index (χ0) is 15.7. The molecule has 0 aromatic heterocycles. The van der Waals surface area contributed by atoms with Crippen molar-refractivity contribution in [1.82, 2.24) is 10.2 Å². The van der Waals surface area contributed by atoms with Gasteiger partial charge < -0.3 is 5.32 Å². The molecule has 3 rings (SSSR count). The van der Waals surface area contributed by atoms with Crippen LogP contribution >= 0.6 is 0 Å². The Hall–Kier alpha value is -2.35. The van der Waals surface area contributed by atoms with E-state index in [4.69, 9.17) is 5.26 Å². The molecule has 1 spiro atoms. The Labute approximate surface area is 129 Å². The van der Waals surface area contributed by atoms with Crippen molar-refractivity contribution in [2.75, 3.05) is 0 Å². The third kappa shape index (κ3) is 2.25. The fraction of sp³-hybridized carbons (Fsp3) is 0.471. The van der Waals surface area contributed by atoms with Gasteiger partial charge in [0.15, 0.2) is 0 Å². The minimum Gasteiger partial charge on any atom is -0.323 e. The van der Waals surface area contributed by atoms with Crippen molar-refractivity contribution in [3.05, 3.63) is 35.4 Å². The van der Waals surface area contributed by atoms with Gasteiger partial charge in [-0.2, -0.15) is 5.26 Å². The van der Waals surface area contributed by atoms with E-state index in [9.17, 15) is 9.59 Å². The lowest BCUT2D eigenvalue weighted by molar-refractivity contribution is -0.134. The summed E-state index contributed by atoms with van der Waals surface area (Å²) in [7, 11) is 0. The molecule has 1 aliphatic carbocycles. The molecule has 22 heavy (non-hydrogen) atoms. The summed E-state index contributed by atoms with van der Waals surface area (Å²) in [6, 6.07) is 8.73. The normalized spacial score (nSPS) is 27.8. The van der Waals surface area contributed by atoms with Gasteiger partial charge in [-0.05, 0) is 36.5 Å². The van der Waals surface area contributed by atoms with E-state index in [-0.39, 0.29) is 24.4 Å². The highest BCUT2D eigenvalue weighted by Gasteiger charge is 2.54. The quantitative estimate of drug-likeness (QED) is 0.853. The Balaban J connectivity index is 1.81. The van der Waals surface area contributed by atoms with Crippen molar-refractivity contribution in [2.45, 2.75) is 44.7 Å². The Morgan fingerprint density at radius 1 is 1.32 bits per heavy atom. The maximum absolute atomic E-state index is 12.8. The van der Waals surface area contributed by atoms with Crippen molar-refractivity contribution in [3.8, 4) is 6.07 Å². The van der Waals surface area contributed by atoms with Gasteiger partial charge in [0, 0.05) is 0 Å². The number of amides is 3. The average molecular weight is 297 g/mol. The largest absolute Gasteiger partial charge is 0.325 e. The molecule has 2 aliphatic rings. The predicted octanol–water partition coefficient (Wildman–Crippen LogP) is 2.56. The number of hydrogen-bond acceptors (Lipinski definition) is 3. The summed E-state index contributed by atoms with van der Waals surface area (Å²) in [5.74, 6) is 0.0673. The van der Waals surface area contributed by atoms with Crippen LogP contribution in [0.25, 0.3) is 0 Å². The molecule has 114 valence electrons. The summed E-state index contributed by atoms with van der Waals surface area (Å²) in [5.41, 5.74) is 0.711. The van der Waals surface area contributed by atoms with Gasteiger partial charge in [-0.25, -0.2) is 4.79 Å². The van der Waals surface area contributed by atoms with Crippen LogP contribution in [0.3, 0.4) is 0 Å². The molecule has 0 radical (unpaired) electrons. The second kappa shape index (κ2) is 5.45. The third-order valence-corrected chi connectivity index (χ3v) is 4.93. The van der Waals surface area contributed by atoms with Gasteiger partial charge in [-0.1, -0.05) is 31.9 Å². The van der Waals surface area contributed by atoms with Crippen molar-refractivity contribution in [3.63, 3.8) is 0 Å². The van der Waals surface area contributed by atoms with Crippen molar-refractivity contribution in [2.24, 2.45) is 5.92 Å². The van der Waals surface area contributed by atoms with E-state index in [1.54, 1.807) is 24.3 Å². The lowest BCUT2D eigenvalue weighted by Crippen LogP contribution is -2.53. The molecule has 1 N–H and O–H groups in total. The average Bonchev–Trinajstić information content (AvgIpc) is 2.76. The Kier molecular flexibility index (Phi) is 3.61.